The highest BCUT2D eigenvalue weighted by atomic mass is 127. The summed E-state index contributed by atoms with van der Waals surface area (Å²) < 4.78 is 8.01. The fraction of sp³-hybridized carbons (Fsp3) is 0.850. The van der Waals surface area contributed by atoms with E-state index in [4.69, 9.17) is 9.73 Å². The number of hydrogen-bond donors (Lipinski definition) is 2. The first-order chi connectivity index (χ1) is 13.4. The molecule has 3 rings (SSSR count). The van der Waals surface area contributed by atoms with Gasteiger partial charge in [-0.3, -0.25) is 4.99 Å². The van der Waals surface area contributed by atoms with Gasteiger partial charge in [0.1, 0.15) is 11.6 Å². The SMILES string of the molecule is CCNC(=NCCCc1nnc2n1CCCCC2)NCCCOCC1CC1.I. The van der Waals surface area contributed by atoms with Gasteiger partial charge in [-0.15, -0.1) is 34.2 Å². The van der Waals surface area contributed by atoms with Crippen LogP contribution in [0.1, 0.15) is 63.5 Å². The molecule has 2 aliphatic rings. The molecule has 1 saturated carbocycles. The fourth-order valence-corrected chi connectivity index (χ4v) is 3.42. The smallest absolute Gasteiger partial charge is 0.191 e. The number of aliphatic imine (C=N–C) groups is 1. The molecule has 0 radical (unpaired) electrons. The molecule has 1 fully saturated rings. The summed E-state index contributed by atoms with van der Waals surface area (Å²) in [5.74, 6) is 4.05. The Kier molecular flexibility index (Phi) is 11.1. The van der Waals surface area contributed by atoms with Gasteiger partial charge in [0.2, 0.25) is 0 Å². The number of hydrogen-bond acceptors (Lipinski definition) is 4. The van der Waals surface area contributed by atoms with E-state index in [1.165, 1.54) is 37.9 Å². The quantitative estimate of drug-likeness (QED) is 0.210. The number of halogens is 1. The highest BCUT2D eigenvalue weighted by Crippen LogP contribution is 2.28. The van der Waals surface area contributed by atoms with E-state index in [0.717, 1.165) is 82.8 Å². The number of aromatic nitrogens is 3. The monoisotopic (exact) mass is 504 g/mol. The Labute approximate surface area is 186 Å². The second kappa shape index (κ2) is 13.3. The minimum atomic E-state index is 0. The van der Waals surface area contributed by atoms with E-state index in [1.807, 2.05) is 0 Å². The highest BCUT2D eigenvalue weighted by Gasteiger charge is 2.20. The van der Waals surface area contributed by atoms with Crippen LogP contribution in [0.5, 0.6) is 0 Å². The lowest BCUT2D eigenvalue weighted by atomic mass is 10.2. The summed E-state index contributed by atoms with van der Waals surface area (Å²) in [6.07, 6.45) is 10.5. The molecule has 1 aromatic heterocycles. The number of guanidine groups is 1. The zero-order chi connectivity index (χ0) is 18.7. The molecule has 0 amide bonds. The van der Waals surface area contributed by atoms with Crippen molar-refractivity contribution in [2.24, 2.45) is 10.9 Å². The van der Waals surface area contributed by atoms with Gasteiger partial charge < -0.3 is 19.9 Å². The topological polar surface area (TPSA) is 76.4 Å². The zero-order valence-corrected chi connectivity index (χ0v) is 19.6. The summed E-state index contributed by atoms with van der Waals surface area (Å²) in [5, 5.41) is 15.5. The zero-order valence-electron chi connectivity index (χ0n) is 17.3. The van der Waals surface area contributed by atoms with Crippen molar-refractivity contribution in [2.75, 3.05) is 32.8 Å². The first-order valence-electron chi connectivity index (χ1n) is 10.9. The average molecular weight is 504 g/mol. The third-order valence-electron chi connectivity index (χ3n) is 5.17. The minimum absolute atomic E-state index is 0. The summed E-state index contributed by atoms with van der Waals surface area (Å²) >= 11 is 0. The van der Waals surface area contributed by atoms with E-state index < -0.39 is 0 Å². The molecule has 1 aliphatic carbocycles. The molecule has 0 atom stereocenters. The number of aryl methyl sites for hydroxylation is 2. The predicted octanol–water partition coefficient (Wildman–Crippen LogP) is 2.93. The van der Waals surface area contributed by atoms with Gasteiger partial charge in [-0.05, 0) is 51.4 Å². The van der Waals surface area contributed by atoms with E-state index in [0.29, 0.717) is 0 Å². The van der Waals surface area contributed by atoms with Crippen molar-refractivity contribution in [1.82, 2.24) is 25.4 Å². The van der Waals surface area contributed by atoms with Gasteiger partial charge in [-0.1, -0.05) is 6.42 Å². The van der Waals surface area contributed by atoms with Crippen LogP contribution in [0.4, 0.5) is 0 Å². The largest absolute Gasteiger partial charge is 0.381 e. The van der Waals surface area contributed by atoms with Crippen LogP contribution in [-0.2, 0) is 24.1 Å². The molecule has 0 unspecified atom stereocenters. The van der Waals surface area contributed by atoms with E-state index in [2.05, 4.69) is 32.3 Å². The number of rotatable bonds is 11. The van der Waals surface area contributed by atoms with Crippen molar-refractivity contribution in [3.8, 4) is 0 Å². The maximum absolute atomic E-state index is 5.68. The normalized spacial score (nSPS) is 16.8. The van der Waals surface area contributed by atoms with Crippen LogP contribution in [0, 0.1) is 5.92 Å². The van der Waals surface area contributed by atoms with Gasteiger partial charge in [0, 0.05) is 52.2 Å². The number of nitrogens with one attached hydrogen (secondary N) is 2. The molecule has 160 valence electrons. The lowest BCUT2D eigenvalue weighted by molar-refractivity contribution is 0.123. The molecule has 2 heterocycles. The first-order valence-corrected chi connectivity index (χ1v) is 10.9. The van der Waals surface area contributed by atoms with Gasteiger partial charge in [0.15, 0.2) is 5.96 Å². The van der Waals surface area contributed by atoms with Crippen LogP contribution in [0.3, 0.4) is 0 Å². The van der Waals surface area contributed by atoms with Gasteiger partial charge in [0.25, 0.3) is 0 Å². The number of ether oxygens (including phenoxy) is 1. The molecular weight excluding hydrogens is 467 g/mol. The van der Waals surface area contributed by atoms with E-state index >= 15 is 0 Å². The summed E-state index contributed by atoms with van der Waals surface area (Å²) in [5.41, 5.74) is 0. The molecule has 0 bridgehead atoms. The van der Waals surface area contributed by atoms with Crippen molar-refractivity contribution in [3.63, 3.8) is 0 Å². The number of nitrogens with zero attached hydrogens (tertiary/aromatic N) is 4. The molecule has 1 aliphatic heterocycles. The molecule has 0 spiro atoms. The van der Waals surface area contributed by atoms with Crippen LogP contribution in [-0.4, -0.2) is 53.6 Å². The molecule has 1 aromatic rings. The highest BCUT2D eigenvalue weighted by molar-refractivity contribution is 14.0. The third kappa shape index (κ3) is 8.23. The van der Waals surface area contributed by atoms with Crippen LogP contribution in [0.2, 0.25) is 0 Å². The Bertz CT molecular complexity index is 587. The van der Waals surface area contributed by atoms with Crippen LogP contribution in [0.25, 0.3) is 0 Å². The van der Waals surface area contributed by atoms with E-state index in [1.54, 1.807) is 0 Å². The predicted molar refractivity (Wildman–Crippen MR) is 123 cm³/mol. The van der Waals surface area contributed by atoms with Crippen molar-refractivity contribution in [3.05, 3.63) is 11.6 Å². The first kappa shape index (κ1) is 23.4. The Morgan fingerprint density at radius 2 is 2.07 bits per heavy atom. The summed E-state index contributed by atoms with van der Waals surface area (Å²) in [6.45, 7) is 7.53. The second-order valence-corrected chi connectivity index (χ2v) is 7.66. The molecule has 2 N–H and O–H groups in total. The van der Waals surface area contributed by atoms with E-state index in [-0.39, 0.29) is 24.0 Å². The Morgan fingerprint density at radius 3 is 2.89 bits per heavy atom. The number of fused-ring (bicyclic) bond motifs is 1. The van der Waals surface area contributed by atoms with Gasteiger partial charge in [-0.25, -0.2) is 0 Å². The van der Waals surface area contributed by atoms with Gasteiger partial charge >= 0.3 is 0 Å². The summed E-state index contributed by atoms with van der Waals surface area (Å²) in [7, 11) is 0. The lowest BCUT2D eigenvalue weighted by Crippen LogP contribution is -2.38. The lowest BCUT2D eigenvalue weighted by Gasteiger charge is -2.11. The Balaban J connectivity index is 0.00000280. The summed E-state index contributed by atoms with van der Waals surface area (Å²) in [4.78, 5) is 4.70. The summed E-state index contributed by atoms with van der Waals surface area (Å²) in [6, 6.07) is 0. The molecule has 28 heavy (non-hydrogen) atoms. The molecule has 0 aromatic carbocycles. The second-order valence-electron chi connectivity index (χ2n) is 7.66. The van der Waals surface area contributed by atoms with Crippen LogP contribution >= 0.6 is 24.0 Å². The molecule has 8 heteroatoms. The van der Waals surface area contributed by atoms with Crippen molar-refractivity contribution < 1.29 is 4.74 Å². The van der Waals surface area contributed by atoms with Crippen LogP contribution < -0.4 is 10.6 Å². The standard InChI is InChI=1S/C20H36N6O.HI/c1-2-21-20(23-13-7-15-27-16-17-10-11-17)22-12-6-9-19-25-24-18-8-4-3-5-14-26(18)19;/h17H,2-16H2,1H3,(H2,21,22,23);1H. The van der Waals surface area contributed by atoms with Crippen LogP contribution in [0.15, 0.2) is 4.99 Å². The van der Waals surface area contributed by atoms with Crippen molar-refractivity contribution >= 4 is 29.9 Å². The van der Waals surface area contributed by atoms with Gasteiger partial charge in [-0.2, -0.15) is 0 Å². The molecular formula is C20H37IN6O. The minimum Gasteiger partial charge on any atom is -0.381 e. The van der Waals surface area contributed by atoms with E-state index in [9.17, 15) is 0 Å². The van der Waals surface area contributed by atoms with Crippen molar-refractivity contribution in [1.29, 1.82) is 0 Å². The third-order valence-corrected chi connectivity index (χ3v) is 5.17. The Morgan fingerprint density at radius 1 is 1.18 bits per heavy atom. The van der Waals surface area contributed by atoms with Gasteiger partial charge in [0.05, 0.1) is 0 Å². The Hall–Kier alpha value is -0.900. The van der Waals surface area contributed by atoms with Crippen molar-refractivity contribution in [2.45, 2.75) is 71.3 Å². The fourth-order valence-electron chi connectivity index (χ4n) is 3.42. The molecule has 0 saturated heterocycles. The maximum Gasteiger partial charge on any atom is 0.191 e. The average Bonchev–Trinajstić information content (AvgIpc) is 3.46. The molecule has 7 nitrogen and oxygen atoms in total. The maximum atomic E-state index is 5.68.